The molecule has 1 aliphatic rings. The van der Waals surface area contributed by atoms with Crippen molar-refractivity contribution in [1.29, 1.82) is 5.26 Å². The van der Waals surface area contributed by atoms with Crippen molar-refractivity contribution < 1.29 is 4.79 Å². The molecule has 1 aromatic carbocycles. The van der Waals surface area contributed by atoms with Crippen LogP contribution in [0.3, 0.4) is 0 Å². The molecule has 0 radical (unpaired) electrons. The van der Waals surface area contributed by atoms with E-state index in [9.17, 15) is 4.79 Å². The van der Waals surface area contributed by atoms with Crippen LogP contribution in [0.4, 0.5) is 11.4 Å². The van der Waals surface area contributed by atoms with Gasteiger partial charge < -0.3 is 10.6 Å². The van der Waals surface area contributed by atoms with Crippen molar-refractivity contribution in [3.05, 3.63) is 22.7 Å². The van der Waals surface area contributed by atoms with Crippen LogP contribution in [0.1, 0.15) is 12.0 Å². The number of hydrogen-bond donors (Lipinski definition) is 1. The molecule has 0 spiro atoms. The lowest BCUT2D eigenvalue weighted by atomic mass is 10.1. The van der Waals surface area contributed by atoms with Gasteiger partial charge in [-0.25, -0.2) is 0 Å². The molecule has 1 amide bonds. The first-order valence-corrected chi connectivity index (χ1v) is 6.38. The van der Waals surface area contributed by atoms with Crippen LogP contribution >= 0.6 is 11.6 Å². The average molecular weight is 279 g/mol. The number of rotatable bonds is 1. The van der Waals surface area contributed by atoms with Crippen molar-refractivity contribution in [3.8, 4) is 6.07 Å². The van der Waals surface area contributed by atoms with E-state index >= 15 is 0 Å². The summed E-state index contributed by atoms with van der Waals surface area (Å²) < 4.78 is 0. The van der Waals surface area contributed by atoms with E-state index in [0.29, 0.717) is 35.1 Å². The van der Waals surface area contributed by atoms with Crippen LogP contribution in [0.5, 0.6) is 0 Å². The highest BCUT2D eigenvalue weighted by Crippen LogP contribution is 2.33. The molecule has 2 N–H and O–H groups in total. The summed E-state index contributed by atoms with van der Waals surface area (Å²) in [4.78, 5) is 15.8. The molecular formula is C13H15ClN4O. The summed E-state index contributed by atoms with van der Waals surface area (Å²) in [6.45, 7) is 1.78. The van der Waals surface area contributed by atoms with Gasteiger partial charge in [0.1, 0.15) is 0 Å². The Balaban J connectivity index is 2.43. The summed E-state index contributed by atoms with van der Waals surface area (Å²) in [7, 11) is 1.91. The van der Waals surface area contributed by atoms with Gasteiger partial charge in [0, 0.05) is 13.1 Å². The Hall–Kier alpha value is -1.77. The maximum atomic E-state index is 12.2. The van der Waals surface area contributed by atoms with Gasteiger partial charge in [-0.2, -0.15) is 5.26 Å². The van der Waals surface area contributed by atoms with Crippen LogP contribution < -0.4 is 10.6 Å². The summed E-state index contributed by atoms with van der Waals surface area (Å²) in [5.41, 5.74) is 7.04. The number of nitrogens with two attached hydrogens (primary N) is 1. The Bertz CT molecular complexity index is 552. The number of anilines is 2. The normalized spacial score (nSPS) is 17.1. The molecule has 2 rings (SSSR count). The molecule has 0 bridgehead atoms. The highest BCUT2D eigenvalue weighted by atomic mass is 35.5. The van der Waals surface area contributed by atoms with Crippen molar-refractivity contribution in [3.63, 3.8) is 0 Å². The number of nitriles is 1. The fraction of sp³-hybridized carbons (Fsp3) is 0.385. The fourth-order valence-electron chi connectivity index (χ4n) is 2.17. The Morgan fingerprint density at radius 1 is 1.42 bits per heavy atom. The van der Waals surface area contributed by atoms with Crippen molar-refractivity contribution in [2.24, 2.45) is 0 Å². The molecule has 5 nitrogen and oxygen atoms in total. The van der Waals surface area contributed by atoms with Gasteiger partial charge >= 0.3 is 0 Å². The Labute approximate surface area is 117 Å². The lowest BCUT2D eigenvalue weighted by Gasteiger charge is -2.22. The number of hydrogen-bond acceptors (Lipinski definition) is 4. The van der Waals surface area contributed by atoms with Gasteiger partial charge in [-0.15, -0.1) is 0 Å². The molecule has 1 aliphatic heterocycles. The van der Waals surface area contributed by atoms with Crippen LogP contribution in [-0.4, -0.2) is 37.5 Å². The summed E-state index contributed by atoms with van der Waals surface area (Å²) in [5, 5.41) is 9.31. The number of amides is 1. The smallest absolute Gasteiger partial charge is 0.241 e. The fourth-order valence-corrected chi connectivity index (χ4v) is 2.38. The lowest BCUT2D eigenvalue weighted by molar-refractivity contribution is -0.118. The summed E-state index contributed by atoms with van der Waals surface area (Å²) in [6, 6.07) is 5.15. The first kappa shape index (κ1) is 13.7. The molecule has 1 fully saturated rings. The molecule has 1 aromatic rings. The van der Waals surface area contributed by atoms with Gasteiger partial charge in [0.2, 0.25) is 5.91 Å². The largest absolute Gasteiger partial charge is 0.397 e. The van der Waals surface area contributed by atoms with E-state index < -0.39 is 0 Å². The van der Waals surface area contributed by atoms with Gasteiger partial charge in [0.05, 0.1) is 34.6 Å². The molecule has 0 aliphatic carbocycles. The SMILES string of the molecule is CN1CCCN(c2cc(C#N)cc(N)c2Cl)C(=O)C1. The number of halogens is 1. The van der Waals surface area contributed by atoms with E-state index in [1.54, 1.807) is 11.0 Å². The third kappa shape index (κ3) is 2.80. The Morgan fingerprint density at radius 2 is 2.16 bits per heavy atom. The summed E-state index contributed by atoms with van der Waals surface area (Å²) in [6.07, 6.45) is 0.856. The van der Waals surface area contributed by atoms with Crippen LogP contribution in [0.15, 0.2) is 12.1 Å². The highest BCUT2D eigenvalue weighted by Gasteiger charge is 2.23. The summed E-state index contributed by atoms with van der Waals surface area (Å²) >= 11 is 6.17. The molecule has 0 saturated carbocycles. The highest BCUT2D eigenvalue weighted by molar-refractivity contribution is 6.36. The van der Waals surface area contributed by atoms with Crippen molar-refractivity contribution in [2.75, 3.05) is 37.3 Å². The number of nitrogen functional groups attached to an aromatic ring is 1. The Kier molecular flexibility index (Phi) is 3.93. The second-order valence-electron chi connectivity index (χ2n) is 4.65. The first-order chi connectivity index (χ1) is 9.02. The van der Waals surface area contributed by atoms with Crippen LogP contribution in [0, 0.1) is 11.3 Å². The lowest BCUT2D eigenvalue weighted by Crippen LogP contribution is -2.35. The van der Waals surface area contributed by atoms with E-state index in [1.807, 2.05) is 18.0 Å². The van der Waals surface area contributed by atoms with Crippen molar-refractivity contribution in [2.45, 2.75) is 6.42 Å². The molecule has 6 heteroatoms. The molecule has 0 atom stereocenters. The molecule has 1 saturated heterocycles. The number of carbonyl (C=O) groups excluding carboxylic acids is 1. The molecule has 0 unspecified atom stereocenters. The topological polar surface area (TPSA) is 73.4 Å². The van der Waals surface area contributed by atoms with Gasteiger partial charge in [-0.1, -0.05) is 11.6 Å². The molecule has 0 aromatic heterocycles. The first-order valence-electron chi connectivity index (χ1n) is 6.01. The molecular weight excluding hydrogens is 264 g/mol. The number of nitrogens with zero attached hydrogens (tertiary/aromatic N) is 3. The summed E-state index contributed by atoms with van der Waals surface area (Å²) in [5.74, 6) is -0.0311. The maximum Gasteiger partial charge on any atom is 0.241 e. The van der Waals surface area contributed by atoms with Crippen LogP contribution in [-0.2, 0) is 4.79 Å². The van der Waals surface area contributed by atoms with E-state index in [4.69, 9.17) is 22.6 Å². The second kappa shape index (κ2) is 5.47. The van der Waals surface area contributed by atoms with Crippen LogP contribution in [0.25, 0.3) is 0 Å². The minimum Gasteiger partial charge on any atom is -0.397 e. The predicted octanol–water partition coefficient (Wildman–Crippen LogP) is 1.46. The van der Waals surface area contributed by atoms with Gasteiger partial charge in [-0.3, -0.25) is 9.69 Å². The molecule has 100 valence electrons. The second-order valence-corrected chi connectivity index (χ2v) is 5.03. The molecule has 1 heterocycles. The van der Waals surface area contributed by atoms with Gasteiger partial charge in [0.25, 0.3) is 0 Å². The van der Waals surface area contributed by atoms with E-state index in [0.717, 1.165) is 13.0 Å². The third-order valence-electron chi connectivity index (χ3n) is 3.13. The minimum absolute atomic E-state index is 0.0311. The van der Waals surface area contributed by atoms with E-state index in [2.05, 4.69) is 0 Å². The minimum atomic E-state index is -0.0311. The number of carbonyl (C=O) groups is 1. The monoisotopic (exact) mass is 278 g/mol. The standard InChI is InChI=1S/C13H15ClN4O/c1-17-3-2-4-18(12(19)8-17)11-6-9(7-15)5-10(16)13(11)14/h5-6H,2-4,8,16H2,1H3. The molecule has 19 heavy (non-hydrogen) atoms. The van der Waals surface area contributed by atoms with Gasteiger partial charge in [-0.05, 0) is 25.6 Å². The quantitative estimate of drug-likeness (QED) is 0.790. The third-order valence-corrected chi connectivity index (χ3v) is 3.54. The number of likely N-dealkylation sites (N-methyl/N-ethyl adjacent to an activating group) is 1. The van der Waals surface area contributed by atoms with Crippen molar-refractivity contribution in [1.82, 2.24) is 4.90 Å². The van der Waals surface area contributed by atoms with E-state index in [1.165, 1.54) is 6.07 Å². The number of benzene rings is 1. The zero-order chi connectivity index (χ0) is 14.0. The average Bonchev–Trinajstić information content (AvgIpc) is 2.53. The zero-order valence-corrected chi connectivity index (χ0v) is 11.4. The zero-order valence-electron chi connectivity index (χ0n) is 10.7. The maximum absolute atomic E-state index is 12.2. The predicted molar refractivity (Wildman–Crippen MR) is 75.0 cm³/mol. The van der Waals surface area contributed by atoms with E-state index in [-0.39, 0.29) is 5.91 Å². The van der Waals surface area contributed by atoms with Crippen molar-refractivity contribution >= 4 is 28.9 Å². The van der Waals surface area contributed by atoms with Gasteiger partial charge in [0.15, 0.2) is 0 Å². The van der Waals surface area contributed by atoms with Crippen LogP contribution in [0.2, 0.25) is 5.02 Å². The Morgan fingerprint density at radius 3 is 2.84 bits per heavy atom.